The Kier molecular flexibility index (Phi) is 5.18. The number of Topliss-reactive ketones (excluding diaryl/α,β-unsaturated/α-hetero) is 1. The van der Waals surface area contributed by atoms with Crippen LogP contribution in [0, 0.1) is 17.5 Å². The van der Waals surface area contributed by atoms with Crippen LogP contribution < -0.4 is 0 Å². The van der Waals surface area contributed by atoms with Gasteiger partial charge in [-0.05, 0) is 12.8 Å². The fourth-order valence-corrected chi connectivity index (χ4v) is 2.02. The molecule has 0 aliphatic carbocycles. The number of carbonyl (C=O) groups excluding carboxylic acids is 1. The van der Waals surface area contributed by atoms with Crippen LogP contribution in [0.2, 0.25) is 0 Å². The van der Waals surface area contributed by atoms with E-state index >= 15 is 0 Å². The summed E-state index contributed by atoms with van der Waals surface area (Å²) in [5, 5.41) is 0. The lowest BCUT2D eigenvalue weighted by atomic mass is 10.0. The summed E-state index contributed by atoms with van der Waals surface area (Å²) in [7, 11) is 0. The normalized spacial score (nSPS) is 12.5. The largest absolute Gasteiger partial charge is 0.298 e. The van der Waals surface area contributed by atoms with E-state index in [9.17, 15) is 18.0 Å². The van der Waals surface area contributed by atoms with Crippen molar-refractivity contribution in [3.63, 3.8) is 0 Å². The Labute approximate surface area is 106 Å². The Morgan fingerprint density at radius 3 is 2.29 bits per heavy atom. The molecule has 0 aromatic heterocycles. The summed E-state index contributed by atoms with van der Waals surface area (Å²) in [6.45, 7) is 1.84. The zero-order valence-electron chi connectivity index (χ0n) is 9.27. The molecule has 1 rings (SSSR count). The molecule has 94 valence electrons. The van der Waals surface area contributed by atoms with Gasteiger partial charge in [-0.15, -0.1) is 0 Å². The van der Waals surface area contributed by atoms with E-state index in [1.165, 1.54) is 0 Å². The predicted molar refractivity (Wildman–Crippen MR) is 62.7 cm³/mol. The van der Waals surface area contributed by atoms with Gasteiger partial charge in [-0.1, -0.05) is 22.9 Å². The molecule has 1 aromatic rings. The van der Waals surface area contributed by atoms with Crippen molar-refractivity contribution in [2.24, 2.45) is 0 Å². The zero-order chi connectivity index (χ0) is 13.0. The van der Waals surface area contributed by atoms with Crippen LogP contribution in [0.15, 0.2) is 12.1 Å². The van der Waals surface area contributed by atoms with Crippen molar-refractivity contribution >= 4 is 21.7 Å². The van der Waals surface area contributed by atoms with E-state index in [1.54, 1.807) is 0 Å². The van der Waals surface area contributed by atoms with E-state index in [0.29, 0.717) is 25.0 Å². The highest BCUT2D eigenvalue weighted by Crippen LogP contribution is 2.20. The van der Waals surface area contributed by atoms with E-state index in [4.69, 9.17) is 0 Å². The van der Waals surface area contributed by atoms with E-state index in [1.807, 2.05) is 6.92 Å². The van der Waals surface area contributed by atoms with Crippen LogP contribution in [0.3, 0.4) is 0 Å². The molecule has 1 aromatic carbocycles. The SMILES string of the molecule is CCCC(=O)C(Br)Cc1c(F)cc(F)cc1F. The Hall–Kier alpha value is -0.840. The molecule has 0 heterocycles. The summed E-state index contributed by atoms with van der Waals surface area (Å²) in [5.74, 6) is -3.00. The van der Waals surface area contributed by atoms with Gasteiger partial charge in [0.05, 0.1) is 4.83 Å². The number of hydrogen-bond acceptors (Lipinski definition) is 1. The van der Waals surface area contributed by atoms with Gasteiger partial charge >= 0.3 is 0 Å². The van der Waals surface area contributed by atoms with E-state index in [0.717, 1.165) is 0 Å². The third-order valence-electron chi connectivity index (χ3n) is 2.33. The number of halogens is 4. The molecule has 0 saturated carbocycles. The number of carbonyl (C=O) groups is 1. The van der Waals surface area contributed by atoms with Crippen LogP contribution in [-0.4, -0.2) is 10.6 Å². The van der Waals surface area contributed by atoms with Gasteiger partial charge < -0.3 is 0 Å². The van der Waals surface area contributed by atoms with Gasteiger partial charge in [0.25, 0.3) is 0 Å². The third kappa shape index (κ3) is 3.84. The molecule has 0 aliphatic rings. The van der Waals surface area contributed by atoms with Crippen LogP contribution in [0.1, 0.15) is 25.3 Å². The minimum absolute atomic E-state index is 0.114. The summed E-state index contributed by atoms with van der Waals surface area (Å²) in [5.41, 5.74) is -0.266. The van der Waals surface area contributed by atoms with Crippen molar-refractivity contribution < 1.29 is 18.0 Å². The molecule has 0 spiro atoms. The smallest absolute Gasteiger partial charge is 0.146 e. The summed E-state index contributed by atoms with van der Waals surface area (Å²) in [6, 6.07) is 1.23. The lowest BCUT2D eigenvalue weighted by molar-refractivity contribution is -0.118. The van der Waals surface area contributed by atoms with Crippen molar-refractivity contribution in [3.05, 3.63) is 35.1 Å². The molecular formula is C12H12BrF3O. The lowest BCUT2D eigenvalue weighted by Gasteiger charge is -2.10. The first-order valence-corrected chi connectivity index (χ1v) is 6.17. The molecular weight excluding hydrogens is 297 g/mol. The van der Waals surface area contributed by atoms with Crippen LogP contribution in [0.5, 0.6) is 0 Å². The maximum Gasteiger partial charge on any atom is 0.146 e. The molecule has 0 fully saturated rings. The summed E-state index contributed by atoms with van der Waals surface area (Å²) in [4.78, 5) is 10.8. The maximum absolute atomic E-state index is 13.3. The monoisotopic (exact) mass is 308 g/mol. The highest BCUT2D eigenvalue weighted by molar-refractivity contribution is 9.10. The zero-order valence-corrected chi connectivity index (χ0v) is 10.9. The molecule has 17 heavy (non-hydrogen) atoms. The van der Waals surface area contributed by atoms with Gasteiger partial charge in [0.2, 0.25) is 0 Å². The number of rotatable bonds is 5. The fourth-order valence-electron chi connectivity index (χ4n) is 1.46. The molecule has 1 atom stereocenters. The Bertz CT molecular complexity index is 397. The summed E-state index contributed by atoms with van der Waals surface area (Å²) in [6.07, 6.45) is 0.909. The minimum atomic E-state index is -0.963. The fraction of sp³-hybridized carbons (Fsp3) is 0.417. The second-order valence-electron chi connectivity index (χ2n) is 3.74. The molecule has 5 heteroatoms. The first-order valence-electron chi connectivity index (χ1n) is 5.26. The maximum atomic E-state index is 13.3. The molecule has 0 N–H and O–H groups in total. The second kappa shape index (κ2) is 6.19. The average Bonchev–Trinajstić information content (AvgIpc) is 2.23. The quantitative estimate of drug-likeness (QED) is 0.757. The highest BCUT2D eigenvalue weighted by Gasteiger charge is 2.19. The second-order valence-corrected chi connectivity index (χ2v) is 4.84. The molecule has 0 bridgehead atoms. The van der Waals surface area contributed by atoms with Crippen LogP contribution in [0.4, 0.5) is 13.2 Å². The van der Waals surface area contributed by atoms with Crippen LogP contribution in [0.25, 0.3) is 0 Å². The molecule has 1 unspecified atom stereocenters. The standard InChI is InChI=1S/C12H12BrF3O/c1-2-3-12(17)9(13)6-8-10(15)4-7(14)5-11(8)16/h4-5,9H,2-3,6H2,1H3. The van der Waals surface area contributed by atoms with E-state index in [2.05, 4.69) is 15.9 Å². The van der Waals surface area contributed by atoms with Gasteiger partial charge in [0.1, 0.15) is 23.2 Å². The first-order chi connectivity index (χ1) is 7.95. The average molecular weight is 309 g/mol. The van der Waals surface area contributed by atoms with Crippen LogP contribution >= 0.6 is 15.9 Å². The summed E-state index contributed by atoms with van der Waals surface area (Å²) >= 11 is 3.09. The van der Waals surface area contributed by atoms with Gasteiger partial charge in [0.15, 0.2) is 0 Å². The third-order valence-corrected chi connectivity index (χ3v) is 3.17. The van der Waals surface area contributed by atoms with Crippen molar-refractivity contribution in [2.75, 3.05) is 0 Å². The van der Waals surface area contributed by atoms with Crippen LogP contribution in [-0.2, 0) is 11.2 Å². The number of benzene rings is 1. The highest BCUT2D eigenvalue weighted by atomic mass is 79.9. The van der Waals surface area contributed by atoms with Crippen molar-refractivity contribution in [2.45, 2.75) is 31.0 Å². The molecule has 0 radical (unpaired) electrons. The van der Waals surface area contributed by atoms with E-state index in [-0.39, 0.29) is 17.8 Å². The van der Waals surface area contributed by atoms with Gasteiger partial charge in [-0.2, -0.15) is 0 Å². The van der Waals surface area contributed by atoms with E-state index < -0.39 is 22.3 Å². The number of alkyl halides is 1. The van der Waals surface area contributed by atoms with Gasteiger partial charge in [-0.3, -0.25) is 4.79 Å². The van der Waals surface area contributed by atoms with Gasteiger partial charge in [-0.25, -0.2) is 13.2 Å². The van der Waals surface area contributed by atoms with Crippen molar-refractivity contribution in [3.8, 4) is 0 Å². The number of ketones is 1. The summed E-state index contributed by atoms with van der Waals surface area (Å²) < 4.78 is 39.3. The molecule has 0 aliphatic heterocycles. The Morgan fingerprint density at radius 2 is 1.82 bits per heavy atom. The minimum Gasteiger partial charge on any atom is -0.298 e. The molecule has 0 amide bonds. The molecule has 1 nitrogen and oxygen atoms in total. The predicted octanol–water partition coefficient (Wildman–Crippen LogP) is 3.78. The molecule has 0 saturated heterocycles. The van der Waals surface area contributed by atoms with Crippen molar-refractivity contribution in [1.29, 1.82) is 0 Å². The van der Waals surface area contributed by atoms with Gasteiger partial charge in [0, 0.05) is 24.1 Å². The Balaban J connectivity index is 2.85. The number of hydrogen-bond donors (Lipinski definition) is 0. The lowest BCUT2D eigenvalue weighted by Crippen LogP contribution is -2.18. The Morgan fingerprint density at radius 1 is 1.29 bits per heavy atom. The topological polar surface area (TPSA) is 17.1 Å². The van der Waals surface area contributed by atoms with Crippen molar-refractivity contribution in [1.82, 2.24) is 0 Å². The first kappa shape index (κ1) is 14.2.